The Hall–Kier alpha value is -4.24. The van der Waals surface area contributed by atoms with Gasteiger partial charge in [0.2, 0.25) is 15.9 Å². The molecule has 0 fully saturated rings. The van der Waals surface area contributed by atoms with E-state index >= 15 is 0 Å². The molecule has 7 nitrogen and oxygen atoms in total. The summed E-state index contributed by atoms with van der Waals surface area (Å²) in [7, 11) is -4.03. The number of nitrogens with zero attached hydrogens (tertiary/aromatic N) is 1. The summed E-state index contributed by atoms with van der Waals surface area (Å²) in [6.07, 6.45) is 1.38. The van der Waals surface area contributed by atoms with Gasteiger partial charge in [-0.15, -0.1) is 0 Å². The number of halogens is 1. The molecule has 218 valence electrons. The average Bonchev–Trinajstić information content (AvgIpc) is 3.31. The number of carbonyl (C=O) groups excluding carboxylic acids is 1. The van der Waals surface area contributed by atoms with Crippen molar-refractivity contribution in [1.82, 2.24) is 14.7 Å². The summed E-state index contributed by atoms with van der Waals surface area (Å²) in [6, 6.07) is 14.9. The second kappa shape index (κ2) is 11.2. The fraction of sp³-hybridized carbons (Fsp3) is 0.273. The van der Waals surface area contributed by atoms with Gasteiger partial charge in [0, 0.05) is 33.8 Å². The van der Waals surface area contributed by atoms with Gasteiger partial charge in [0.1, 0.15) is 11.6 Å². The number of aryl methyl sites for hydroxylation is 1. The molecule has 3 N–H and O–H groups in total. The normalized spacial score (nSPS) is 12.1. The Balaban J connectivity index is 1.52. The largest absolute Gasteiger partial charge is 0.507 e. The molecule has 0 aliphatic heterocycles. The van der Waals surface area contributed by atoms with Crippen LogP contribution in [-0.4, -0.2) is 29.4 Å². The molecule has 0 aliphatic carbocycles. The molecule has 0 saturated carbocycles. The lowest BCUT2D eigenvalue weighted by Gasteiger charge is -2.16. The van der Waals surface area contributed by atoms with Crippen LogP contribution < -0.4 is 4.72 Å². The predicted octanol–water partition coefficient (Wildman–Crippen LogP) is 6.97. The molecule has 1 amide bonds. The van der Waals surface area contributed by atoms with E-state index in [0.29, 0.717) is 10.9 Å². The van der Waals surface area contributed by atoms with Crippen LogP contribution in [0, 0.1) is 12.7 Å². The minimum atomic E-state index is -4.03. The van der Waals surface area contributed by atoms with E-state index in [-0.39, 0.29) is 29.6 Å². The Kier molecular flexibility index (Phi) is 7.81. The molecule has 0 saturated heterocycles. The van der Waals surface area contributed by atoms with Crippen LogP contribution in [0.3, 0.4) is 0 Å². The lowest BCUT2D eigenvalue weighted by atomic mass is 9.90. The first-order valence-corrected chi connectivity index (χ1v) is 15.5. The number of aromatic nitrogens is 2. The van der Waals surface area contributed by atoms with Crippen LogP contribution in [0.2, 0.25) is 0 Å². The monoisotopic (exact) mass is 587 g/mol. The highest BCUT2D eigenvalue weighted by atomic mass is 32.2. The van der Waals surface area contributed by atoms with E-state index in [1.807, 2.05) is 43.7 Å². The van der Waals surface area contributed by atoms with Gasteiger partial charge < -0.3 is 10.1 Å². The third kappa shape index (κ3) is 5.48. The third-order valence-corrected chi connectivity index (χ3v) is 8.76. The van der Waals surface area contributed by atoms with Gasteiger partial charge in [-0.1, -0.05) is 70.2 Å². The number of rotatable bonds is 8. The molecule has 2 heterocycles. The number of nitrogens with one attached hydrogen (secondary N) is 2. The Bertz CT molecular complexity index is 1940. The highest BCUT2D eigenvalue weighted by Gasteiger charge is 2.26. The first-order chi connectivity index (χ1) is 19.9. The van der Waals surface area contributed by atoms with Gasteiger partial charge in [0.25, 0.3) is 0 Å². The highest BCUT2D eigenvalue weighted by molar-refractivity contribution is 7.89. The number of H-pyrrole nitrogens is 1. The molecule has 0 radical (unpaired) electrons. The Morgan fingerprint density at radius 2 is 1.76 bits per heavy atom. The second-order valence-electron chi connectivity index (χ2n) is 11.3. The molecule has 9 heteroatoms. The van der Waals surface area contributed by atoms with E-state index in [1.165, 1.54) is 18.2 Å². The minimum Gasteiger partial charge on any atom is -0.507 e. The maximum atomic E-state index is 13.9. The number of phenols is 1. The van der Waals surface area contributed by atoms with Crippen molar-refractivity contribution in [3.8, 4) is 17.0 Å². The van der Waals surface area contributed by atoms with Crippen molar-refractivity contribution < 1.29 is 22.7 Å². The van der Waals surface area contributed by atoms with Gasteiger partial charge in [-0.2, -0.15) is 0 Å². The SMILES string of the molecule is Cc1cc(CS(=O)(=O)NC(=O)Cc2ccccc2F)ccc1-c1[nH]c(C(C)C)c2c1c(O)c(C(C)C)c1cccnc12. The lowest BCUT2D eigenvalue weighted by Crippen LogP contribution is -2.33. The lowest BCUT2D eigenvalue weighted by molar-refractivity contribution is -0.118. The van der Waals surface area contributed by atoms with E-state index in [0.717, 1.165) is 44.4 Å². The van der Waals surface area contributed by atoms with Crippen LogP contribution in [0.1, 0.15) is 67.5 Å². The fourth-order valence-corrected chi connectivity index (χ4v) is 6.79. The van der Waals surface area contributed by atoms with Gasteiger partial charge in [0.05, 0.1) is 28.8 Å². The number of hydrogen-bond acceptors (Lipinski definition) is 5. The molecular formula is C33H34FN3O4S. The van der Waals surface area contributed by atoms with Gasteiger partial charge >= 0.3 is 0 Å². The van der Waals surface area contributed by atoms with Gasteiger partial charge in [-0.25, -0.2) is 12.8 Å². The van der Waals surface area contributed by atoms with Crippen molar-refractivity contribution in [2.24, 2.45) is 0 Å². The molecular weight excluding hydrogens is 553 g/mol. The van der Waals surface area contributed by atoms with E-state index < -0.39 is 27.5 Å². The topological polar surface area (TPSA) is 112 Å². The summed E-state index contributed by atoms with van der Waals surface area (Å²) >= 11 is 0. The van der Waals surface area contributed by atoms with E-state index in [9.17, 15) is 22.7 Å². The molecule has 5 aromatic rings. The molecule has 3 aromatic carbocycles. The average molecular weight is 588 g/mol. The number of fused-ring (bicyclic) bond motifs is 3. The standard InChI is InChI=1S/C33H34FN3O4S/c1-18(2)27-24-10-8-14-35-31(24)28-29(33(27)39)32(36-30(28)19(3)4)23-13-12-21(15-20(23)5)17-42(40,41)37-26(38)16-22-9-6-7-11-25(22)34/h6-15,18-19,36,39H,16-17H2,1-5H3,(H,37,38). The zero-order chi connectivity index (χ0) is 30.3. The predicted molar refractivity (Wildman–Crippen MR) is 164 cm³/mol. The van der Waals surface area contributed by atoms with Gasteiger partial charge in [-0.05, 0) is 47.6 Å². The molecule has 42 heavy (non-hydrogen) atoms. The van der Waals surface area contributed by atoms with E-state index in [1.54, 1.807) is 24.4 Å². The van der Waals surface area contributed by atoms with Crippen molar-refractivity contribution in [3.63, 3.8) is 0 Å². The van der Waals surface area contributed by atoms with E-state index in [2.05, 4.69) is 18.8 Å². The number of aromatic amines is 1. The fourth-order valence-electron chi connectivity index (χ4n) is 5.68. The first-order valence-electron chi connectivity index (χ1n) is 13.9. The maximum Gasteiger partial charge on any atom is 0.239 e. The second-order valence-corrected chi connectivity index (χ2v) is 13.1. The number of pyridine rings is 1. The first kappa shape index (κ1) is 29.3. The summed E-state index contributed by atoms with van der Waals surface area (Å²) < 4.78 is 41.6. The van der Waals surface area contributed by atoms with Crippen LogP contribution in [0.4, 0.5) is 4.39 Å². The summed E-state index contributed by atoms with van der Waals surface area (Å²) in [5, 5.41) is 14.2. The summed E-state index contributed by atoms with van der Waals surface area (Å²) in [5.41, 5.74) is 5.57. The summed E-state index contributed by atoms with van der Waals surface area (Å²) in [4.78, 5) is 20.7. The summed E-state index contributed by atoms with van der Waals surface area (Å²) in [6.45, 7) is 10.1. The van der Waals surface area contributed by atoms with Crippen molar-refractivity contribution >= 4 is 37.6 Å². The van der Waals surface area contributed by atoms with Crippen molar-refractivity contribution in [2.45, 2.75) is 58.6 Å². The molecule has 0 spiro atoms. The van der Waals surface area contributed by atoms with Gasteiger partial charge in [0.15, 0.2) is 0 Å². The number of carbonyl (C=O) groups is 1. The minimum absolute atomic E-state index is 0.0497. The molecule has 0 atom stereocenters. The van der Waals surface area contributed by atoms with Crippen molar-refractivity contribution in [1.29, 1.82) is 0 Å². The molecule has 2 aromatic heterocycles. The molecule has 0 bridgehead atoms. The maximum absolute atomic E-state index is 13.9. The van der Waals surface area contributed by atoms with Crippen molar-refractivity contribution in [3.05, 3.63) is 94.6 Å². The van der Waals surface area contributed by atoms with Crippen LogP contribution >= 0.6 is 0 Å². The number of phenolic OH excluding ortho intramolecular Hbond substituents is 1. The Labute approximate surface area is 244 Å². The van der Waals surface area contributed by atoms with Crippen LogP contribution in [0.15, 0.2) is 60.8 Å². The number of benzene rings is 3. The number of hydrogen-bond donors (Lipinski definition) is 3. The van der Waals surface area contributed by atoms with Crippen LogP contribution in [-0.2, 0) is 27.0 Å². The van der Waals surface area contributed by atoms with Gasteiger partial charge in [-0.3, -0.25) is 14.5 Å². The Morgan fingerprint density at radius 1 is 1.02 bits per heavy atom. The molecule has 0 aliphatic rings. The van der Waals surface area contributed by atoms with Crippen LogP contribution in [0.5, 0.6) is 5.75 Å². The quantitative estimate of drug-likeness (QED) is 0.181. The number of sulfonamides is 1. The highest BCUT2D eigenvalue weighted by Crippen LogP contribution is 2.47. The summed E-state index contributed by atoms with van der Waals surface area (Å²) in [5.74, 6) is -1.41. The third-order valence-electron chi connectivity index (χ3n) is 7.51. The van der Waals surface area contributed by atoms with Crippen LogP contribution in [0.25, 0.3) is 32.9 Å². The zero-order valence-electron chi connectivity index (χ0n) is 24.2. The molecule has 5 rings (SSSR count). The molecule has 0 unspecified atom stereocenters. The zero-order valence-corrected chi connectivity index (χ0v) is 25.1. The number of aromatic hydroxyl groups is 1. The van der Waals surface area contributed by atoms with E-state index in [4.69, 9.17) is 4.98 Å². The smallest absolute Gasteiger partial charge is 0.239 e. The Morgan fingerprint density at radius 3 is 2.43 bits per heavy atom. The number of amides is 1. The van der Waals surface area contributed by atoms with Crippen molar-refractivity contribution in [2.75, 3.05) is 0 Å².